The van der Waals surface area contributed by atoms with Crippen LogP contribution in [0.4, 0.5) is 0 Å². The molecule has 0 radical (unpaired) electrons. The fourth-order valence-electron chi connectivity index (χ4n) is 1.84. The molecule has 134 valence electrons. The van der Waals surface area contributed by atoms with E-state index in [2.05, 4.69) is 0 Å². The molecule has 0 saturated heterocycles. The molecule has 0 aliphatic carbocycles. The van der Waals surface area contributed by atoms with Crippen molar-refractivity contribution in [2.45, 2.75) is 26.9 Å². The van der Waals surface area contributed by atoms with Gasteiger partial charge in [-0.3, -0.25) is 0 Å². The molecule has 0 heterocycles. The van der Waals surface area contributed by atoms with Crippen LogP contribution in [0.3, 0.4) is 0 Å². The third-order valence-corrected chi connectivity index (χ3v) is 2.83. The van der Waals surface area contributed by atoms with Gasteiger partial charge in [-0.05, 0) is 44.5 Å². The summed E-state index contributed by atoms with van der Waals surface area (Å²) in [5.41, 5.74) is 0.427. The average Bonchev–Trinajstić information content (AvgIpc) is 2.57. The summed E-state index contributed by atoms with van der Waals surface area (Å²) in [5.74, 6) is -0.488. The Balaban J connectivity index is 2.92. The number of esters is 2. The van der Waals surface area contributed by atoms with Crippen LogP contribution in [0.5, 0.6) is 11.5 Å². The van der Waals surface area contributed by atoms with E-state index >= 15 is 0 Å². The Morgan fingerprint density at radius 2 is 2.00 bits per heavy atom. The van der Waals surface area contributed by atoms with E-state index in [0.717, 1.165) is 0 Å². The highest BCUT2D eigenvalue weighted by Gasteiger charge is 2.13. The van der Waals surface area contributed by atoms with E-state index in [9.17, 15) is 9.59 Å². The molecule has 0 aromatic heterocycles. The fourth-order valence-corrected chi connectivity index (χ4v) is 1.84. The first-order chi connectivity index (χ1) is 11.9. The highest BCUT2D eigenvalue weighted by molar-refractivity contribution is 5.97. The van der Waals surface area contributed by atoms with Crippen LogP contribution < -0.4 is 9.47 Å². The molecule has 0 atom stereocenters. The largest absolute Gasteiger partial charge is 0.493 e. The van der Waals surface area contributed by atoms with Crippen molar-refractivity contribution >= 4 is 18.0 Å². The predicted molar refractivity (Wildman–Crippen MR) is 89.9 cm³/mol. The summed E-state index contributed by atoms with van der Waals surface area (Å²) in [6.45, 7) is 5.08. The van der Waals surface area contributed by atoms with Gasteiger partial charge in [0.25, 0.3) is 0 Å². The van der Waals surface area contributed by atoms with E-state index in [1.165, 1.54) is 13.2 Å². The molecule has 1 aromatic carbocycles. The number of hydrogen-bond acceptors (Lipinski definition) is 7. The fraction of sp³-hybridized carbons (Fsp3) is 0.389. The standard InChI is InChI=1S/C18H21NO6/c1-5-23-18(21)14(10-19)8-13-6-7-15(16(9-13)22-4)24-11-17(20)25-12(2)3/h6-9,12H,5,11H2,1-4H3/b14-8+. The van der Waals surface area contributed by atoms with E-state index in [1.54, 1.807) is 45.0 Å². The molecule has 0 bridgehead atoms. The van der Waals surface area contributed by atoms with E-state index in [-0.39, 0.29) is 24.9 Å². The molecule has 0 fully saturated rings. The third-order valence-electron chi connectivity index (χ3n) is 2.83. The number of ether oxygens (including phenoxy) is 4. The molecule has 1 rings (SSSR count). The van der Waals surface area contributed by atoms with Gasteiger partial charge >= 0.3 is 11.9 Å². The van der Waals surface area contributed by atoms with E-state index in [1.807, 2.05) is 0 Å². The number of nitriles is 1. The molecule has 0 unspecified atom stereocenters. The normalized spacial score (nSPS) is 10.8. The topological polar surface area (TPSA) is 94.9 Å². The van der Waals surface area contributed by atoms with Gasteiger partial charge in [0.15, 0.2) is 18.1 Å². The van der Waals surface area contributed by atoms with Crippen LogP contribution in [-0.2, 0) is 19.1 Å². The minimum atomic E-state index is -0.694. The van der Waals surface area contributed by atoms with Gasteiger partial charge in [0.1, 0.15) is 11.6 Å². The zero-order valence-electron chi connectivity index (χ0n) is 14.7. The first-order valence-electron chi connectivity index (χ1n) is 7.70. The first-order valence-corrected chi connectivity index (χ1v) is 7.70. The number of hydrogen-bond donors (Lipinski definition) is 0. The lowest BCUT2D eigenvalue weighted by molar-refractivity contribution is -0.149. The second kappa shape index (κ2) is 9.98. The molecule has 0 aliphatic heterocycles. The lowest BCUT2D eigenvalue weighted by atomic mass is 10.1. The molecular formula is C18H21NO6. The molecule has 1 aromatic rings. The second-order valence-corrected chi connectivity index (χ2v) is 5.13. The summed E-state index contributed by atoms with van der Waals surface area (Å²) in [6, 6.07) is 6.59. The van der Waals surface area contributed by atoms with Crippen molar-refractivity contribution in [3.05, 3.63) is 29.3 Å². The maximum absolute atomic E-state index is 11.6. The predicted octanol–water partition coefficient (Wildman–Crippen LogP) is 2.50. The highest BCUT2D eigenvalue weighted by Crippen LogP contribution is 2.29. The number of rotatable bonds is 8. The maximum Gasteiger partial charge on any atom is 0.348 e. The van der Waals surface area contributed by atoms with Gasteiger partial charge in [0.2, 0.25) is 0 Å². The second-order valence-electron chi connectivity index (χ2n) is 5.13. The Hall–Kier alpha value is -3.01. The smallest absolute Gasteiger partial charge is 0.348 e. The van der Waals surface area contributed by atoms with Gasteiger partial charge < -0.3 is 18.9 Å². The molecule has 0 aliphatic rings. The third kappa shape index (κ3) is 6.55. The van der Waals surface area contributed by atoms with Gasteiger partial charge in [-0.25, -0.2) is 9.59 Å². The van der Waals surface area contributed by atoms with Crippen molar-refractivity contribution in [1.29, 1.82) is 5.26 Å². The van der Waals surface area contributed by atoms with E-state index in [0.29, 0.717) is 17.1 Å². The lowest BCUT2D eigenvalue weighted by Gasteiger charge is -2.12. The molecule has 25 heavy (non-hydrogen) atoms. The van der Waals surface area contributed by atoms with Gasteiger partial charge in [0, 0.05) is 0 Å². The van der Waals surface area contributed by atoms with Crippen molar-refractivity contribution in [3.63, 3.8) is 0 Å². The van der Waals surface area contributed by atoms with Crippen LogP contribution in [0.15, 0.2) is 23.8 Å². The number of carbonyl (C=O) groups excluding carboxylic acids is 2. The minimum Gasteiger partial charge on any atom is -0.493 e. The Kier molecular flexibility index (Phi) is 8.00. The van der Waals surface area contributed by atoms with Crippen molar-refractivity contribution < 1.29 is 28.5 Å². The number of benzene rings is 1. The van der Waals surface area contributed by atoms with Gasteiger partial charge in [-0.15, -0.1) is 0 Å². The van der Waals surface area contributed by atoms with Crippen molar-refractivity contribution in [1.82, 2.24) is 0 Å². The Labute approximate surface area is 146 Å². The Morgan fingerprint density at radius 1 is 1.28 bits per heavy atom. The van der Waals surface area contributed by atoms with Gasteiger partial charge in [-0.1, -0.05) is 6.07 Å². The summed E-state index contributed by atoms with van der Waals surface area (Å²) in [6.07, 6.45) is 1.16. The molecule has 0 amide bonds. The summed E-state index contributed by atoms with van der Waals surface area (Å²) in [4.78, 5) is 23.2. The lowest BCUT2D eigenvalue weighted by Crippen LogP contribution is -2.18. The molecule has 7 nitrogen and oxygen atoms in total. The van der Waals surface area contributed by atoms with Crippen LogP contribution in [0.2, 0.25) is 0 Å². The zero-order valence-corrected chi connectivity index (χ0v) is 14.7. The number of nitrogens with zero attached hydrogens (tertiary/aromatic N) is 1. The van der Waals surface area contributed by atoms with Crippen LogP contribution in [0, 0.1) is 11.3 Å². The minimum absolute atomic E-state index is 0.127. The molecular weight excluding hydrogens is 326 g/mol. The molecule has 0 spiro atoms. The highest BCUT2D eigenvalue weighted by atomic mass is 16.6. The van der Waals surface area contributed by atoms with E-state index in [4.69, 9.17) is 24.2 Å². The Bertz CT molecular complexity index is 687. The molecule has 7 heteroatoms. The quantitative estimate of drug-likeness (QED) is 0.405. The van der Waals surface area contributed by atoms with E-state index < -0.39 is 11.9 Å². The summed E-state index contributed by atoms with van der Waals surface area (Å²) >= 11 is 0. The SMILES string of the molecule is CCOC(=O)/C(C#N)=C/c1ccc(OCC(=O)OC(C)C)c(OC)c1. The maximum atomic E-state index is 11.6. The zero-order chi connectivity index (χ0) is 18.8. The van der Waals surface area contributed by atoms with Crippen molar-refractivity contribution in [3.8, 4) is 17.6 Å². The summed E-state index contributed by atoms with van der Waals surface area (Å²) < 4.78 is 20.4. The van der Waals surface area contributed by atoms with Crippen molar-refractivity contribution in [2.24, 2.45) is 0 Å². The van der Waals surface area contributed by atoms with Crippen LogP contribution >= 0.6 is 0 Å². The molecule has 0 N–H and O–H groups in total. The van der Waals surface area contributed by atoms with Gasteiger partial charge in [-0.2, -0.15) is 5.26 Å². The first kappa shape index (κ1) is 20.0. The monoisotopic (exact) mass is 347 g/mol. The molecule has 0 saturated carbocycles. The number of carbonyl (C=O) groups is 2. The van der Waals surface area contributed by atoms with Crippen LogP contribution in [0.1, 0.15) is 26.3 Å². The van der Waals surface area contributed by atoms with Gasteiger partial charge in [0.05, 0.1) is 19.8 Å². The average molecular weight is 347 g/mol. The van der Waals surface area contributed by atoms with Crippen LogP contribution in [-0.4, -0.2) is 38.4 Å². The summed E-state index contributed by atoms with van der Waals surface area (Å²) in [7, 11) is 1.44. The Morgan fingerprint density at radius 3 is 2.56 bits per heavy atom. The number of methoxy groups -OCH3 is 1. The van der Waals surface area contributed by atoms with Crippen molar-refractivity contribution in [2.75, 3.05) is 20.3 Å². The summed E-state index contributed by atoms with van der Waals surface area (Å²) in [5, 5.41) is 9.06. The van der Waals surface area contributed by atoms with Crippen LogP contribution in [0.25, 0.3) is 6.08 Å².